The minimum Gasteiger partial charge on any atom is -0.454 e. The molecule has 1 aromatic rings. The molecule has 0 amide bonds. The summed E-state index contributed by atoms with van der Waals surface area (Å²) in [6.07, 6.45) is 6.46. The molecule has 1 unspecified atom stereocenters. The minimum atomic E-state index is -0.394. The van der Waals surface area contributed by atoms with Crippen molar-refractivity contribution in [1.82, 2.24) is 0 Å². The van der Waals surface area contributed by atoms with E-state index in [4.69, 9.17) is 4.74 Å². The van der Waals surface area contributed by atoms with Gasteiger partial charge in [-0.15, -0.1) is 6.58 Å². The van der Waals surface area contributed by atoms with E-state index in [-0.39, 0.29) is 5.97 Å². The van der Waals surface area contributed by atoms with Crippen LogP contribution in [0, 0.1) is 11.8 Å². The molecule has 2 aliphatic rings. The number of carbonyl (C=O) groups is 1. The lowest BCUT2D eigenvalue weighted by Gasteiger charge is -2.09. The lowest BCUT2D eigenvalue weighted by Crippen LogP contribution is -2.14. The fraction of sp³-hybridized carbons (Fsp3) is 0.267. The van der Waals surface area contributed by atoms with Crippen LogP contribution < -0.4 is 0 Å². The van der Waals surface area contributed by atoms with Crippen molar-refractivity contribution >= 4 is 12.0 Å². The fourth-order valence-electron chi connectivity index (χ4n) is 2.74. The summed E-state index contributed by atoms with van der Waals surface area (Å²) >= 11 is 0. The first-order chi connectivity index (χ1) is 8.26. The molecule has 1 saturated carbocycles. The molecule has 2 fully saturated rings. The average Bonchev–Trinajstić information content (AvgIpc) is 2.79. The summed E-state index contributed by atoms with van der Waals surface area (Å²) in [6.45, 7) is 3.81. The molecular weight excluding hydrogens is 212 g/mol. The van der Waals surface area contributed by atoms with Crippen LogP contribution >= 0.6 is 0 Å². The van der Waals surface area contributed by atoms with Crippen LogP contribution in [0.2, 0.25) is 0 Å². The summed E-state index contributed by atoms with van der Waals surface area (Å²) in [4.78, 5) is 11.3. The van der Waals surface area contributed by atoms with E-state index >= 15 is 0 Å². The highest BCUT2D eigenvalue weighted by Crippen LogP contribution is 2.61. The van der Waals surface area contributed by atoms with E-state index in [2.05, 4.69) is 6.58 Å². The van der Waals surface area contributed by atoms with Crippen LogP contribution in [0.15, 0.2) is 49.1 Å². The highest BCUT2D eigenvalue weighted by molar-refractivity contribution is 5.77. The maximum atomic E-state index is 11.3. The maximum absolute atomic E-state index is 11.3. The summed E-state index contributed by atoms with van der Waals surface area (Å²) in [5, 5.41) is 0. The van der Waals surface area contributed by atoms with Crippen LogP contribution in [0.3, 0.4) is 0 Å². The summed E-state index contributed by atoms with van der Waals surface area (Å²) < 4.78 is 5.45. The van der Waals surface area contributed by atoms with E-state index in [0.717, 1.165) is 5.56 Å². The van der Waals surface area contributed by atoms with Crippen molar-refractivity contribution in [2.45, 2.75) is 12.0 Å². The third-order valence-corrected chi connectivity index (χ3v) is 3.69. The van der Waals surface area contributed by atoms with Gasteiger partial charge in [0, 0.05) is 11.8 Å². The van der Waals surface area contributed by atoms with Gasteiger partial charge in [-0.1, -0.05) is 42.5 Å². The monoisotopic (exact) mass is 226 g/mol. The Morgan fingerprint density at radius 3 is 2.82 bits per heavy atom. The van der Waals surface area contributed by atoms with Crippen molar-refractivity contribution < 1.29 is 9.53 Å². The van der Waals surface area contributed by atoms with Crippen LogP contribution in [0.4, 0.5) is 0 Å². The van der Waals surface area contributed by atoms with Crippen molar-refractivity contribution in [3.05, 3.63) is 54.6 Å². The Morgan fingerprint density at radius 1 is 1.35 bits per heavy atom. The van der Waals surface area contributed by atoms with E-state index < -0.39 is 5.60 Å². The molecule has 86 valence electrons. The van der Waals surface area contributed by atoms with Crippen molar-refractivity contribution in [2.24, 2.45) is 11.8 Å². The number of esters is 1. The quantitative estimate of drug-likeness (QED) is 0.585. The third-order valence-electron chi connectivity index (χ3n) is 3.69. The molecule has 0 spiro atoms. The van der Waals surface area contributed by atoms with Gasteiger partial charge >= 0.3 is 5.97 Å². The third kappa shape index (κ3) is 1.52. The van der Waals surface area contributed by atoms with Crippen molar-refractivity contribution in [2.75, 3.05) is 0 Å². The zero-order valence-corrected chi connectivity index (χ0v) is 9.50. The first-order valence-corrected chi connectivity index (χ1v) is 5.85. The Morgan fingerprint density at radius 2 is 2.12 bits per heavy atom. The van der Waals surface area contributed by atoms with E-state index in [0.29, 0.717) is 18.3 Å². The first kappa shape index (κ1) is 10.3. The van der Waals surface area contributed by atoms with Gasteiger partial charge in [0.05, 0.1) is 6.42 Å². The number of hydrogen-bond acceptors (Lipinski definition) is 2. The minimum absolute atomic E-state index is 0.0918. The molecule has 0 N–H and O–H groups in total. The molecular formula is C15H14O2. The largest absolute Gasteiger partial charge is 0.454 e. The maximum Gasteiger partial charge on any atom is 0.307 e. The number of rotatable bonds is 3. The van der Waals surface area contributed by atoms with Gasteiger partial charge in [0.25, 0.3) is 0 Å². The Kier molecular flexibility index (Phi) is 2.18. The molecule has 0 bridgehead atoms. The number of benzene rings is 1. The summed E-state index contributed by atoms with van der Waals surface area (Å²) in [5.41, 5.74) is 0.729. The predicted molar refractivity (Wildman–Crippen MR) is 66.1 cm³/mol. The lowest BCUT2D eigenvalue weighted by atomic mass is 10.1. The van der Waals surface area contributed by atoms with Crippen molar-refractivity contribution in [3.63, 3.8) is 0 Å². The van der Waals surface area contributed by atoms with Gasteiger partial charge < -0.3 is 4.74 Å². The van der Waals surface area contributed by atoms with E-state index in [1.807, 2.05) is 48.6 Å². The van der Waals surface area contributed by atoms with Crippen LogP contribution in [0.5, 0.6) is 0 Å². The van der Waals surface area contributed by atoms with E-state index in [1.54, 1.807) is 0 Å². The number of carbonyl (C=O) groups excluding carboxylic acids is 1. The number of fused-ring (bicyclic) bond motifs is 1. The molecule has 1 saturated heterocycles. The summed E-state index contributed by atoms with van der Waals surface area (Å²) in [6, 6.07) is 10.0. The molecule has 1 heterocycles. The number of hydrogen-bond donors (Lipinski definition) is 0. The molecule has 1 aromatic carbocycles. The fourth-order valence-corrected chi connectivity index (χ4v) is 2.74. The average molecular weight is 226 g/mol. The molecule has 0 radical (unpaired) electrons. The summed E-state index contributed by atoms with van der Waals surface area (Å²) in [7, 11) is 0. The van der Waals surface area contributed by atoms with Crippen molar-refractivity contribution in [3.8, 4) is 0 Å². The molecule has 17 heavy (non-hydrogen) atoms. The predicted octanol–water partition coefficient (Wildman–Crippen LogP) is 2.82. The van der Waals surface area contributed by atoms with Crippen LogP contribution in [0.1, 0.15) is 12.0 Å². The van der Waals surface area contributed by atoms with Crippen LogP contribution in [-0.2, 0) is 9.53 Å². The second kappa shape index (κ2) is 3.59. The molecule has 1 aliphatic heterocycles. The smallest absolute Gasteiger partial charge is 0.307 e. The summed E-state index contributed by atoms with van der Waals surface area (Å²) in [5.74, 6) is 0.499. The zero-order chi connectivity index (χ0) is 11.9. The molecule has 2 nitrogen and oxygen atoms in total. The Balaban J connectivity index is 1.83. The second-order valence-corrected chi connectivity index (χ2v) is 4.64. The molecule has 1 aliphatic carbocycles. The molecule has 3 atom stereocenters. The van der Waals surface area contributed by atoms with Crippen molar-refractivity contribution in [1.29, 1.82) is 0 Å². The van der Waals surface area contributed by atoms with E-state index in [9.17, 15) is 4.79 Å². The van der Waals surface area contributed by atoms with Gasteiger partial charge in [-0.05, 0) is 11.6 Å². The standard InChI is InChI=1S/C15H14O2/c1-2-12-13-10-14(16)17-15(12,13)9-8-11-6-4-3-5-7-11/h2-9,12-13H,1,10H2/b9-8+/t12-,13?,15+/m0/s1. The molecule has 3 rings (SSSR count). The highest BCUT2D eigenvalue weighted by Gasteiger charge is 2.69. The topological polar surface area (TPSA) is 26.3 Å². The zero-order valence-electron chi connectivity index (χ0n) is 9.50. The Bertz CT molecular complexity index is 489. The van der Waals surface area contributed by atoms with Gasteiger partial charge in [0.2, 0.25) is 0 Å². The lowest BCUT2D eigenvalue weighted by molar-refractivity contribution is -0.144. The Labute approximate surface area is 101 Å². The first-order valence-electron chi connectivity index (χ1n) is 5.85. The second-order valence-electron chi connectivity index (χ2n) is 4.64. The molecule has 2 heteroatoms. The molecule has 0 aromatic heterocycles. The van der Waals surface area contributed by atoms with Gasteiger partial charge in [-0.2, -0.15) is 0 Å². The number of ether oxygens (including phenoxy) is 1. The van der Waals surface area contributed by atoms with Gasteiger partial charge in [-0.25, -0.2) is 0 Å². The van der Waals surface area contributed by atoms with Crippen LogP contribution in [-0.4, -0.2) is 11.6 Å². The van der Waals surface area contributed by atoms with E-state index in [1.165, 1.54) is 0 Å². The van der Waals surface area contributed by atoms with Gasteiger partial charge in [-0.3, -0.25) is 4.79 Å². The van der Waals surface area contributed by atoms with Crippen LogP contribution in [0.25, 0.3) is 6.08 Å². The SMILES string of the molecule is C=C[C@H]1C2CC(=O)O[C@@]21/C=C/c1ccccc1. The Hall–Kier alpha value is -1.83. The van der Waals surface area contributed by atoms with Gasteiger partial charge in [0.1, 0.15) is 5.60 Å². The highest BCUT2D eigenvalue weighted by atomic mass is 16.6. The van der Waals surface area contributed by atoms with Gasteiger partial charge in [0.15, 0.2) is 0 Å². The normalized spacial score (nSPS) is 34.5.